The number of hydrogen-bond acceptors (Lipinski definition) is 25. The van der Waals surface area contributed by atoms with E-state index >= 15 is 0 Å². The van der Waals surface area contributed by atoms with Crippen LogP contribution in [-0.4, -0.2) is 289 Å². The lowest BCUT2D eigenvalue weighted by Crippen LogP contribution is -2.43. The molecule has 0 aromatic rings. The number of carbonyl (C=O) groups is 11. The van der Waals surface area contributed by atoms with Gasteiger partial charge in [-0.15, -0.1) is 0 Å². The Balaban J connectivity index is -0.0000000768. The molecule has 0 radical (unpaired) electrons. The van der Waals surface area contributed by atoms with E-state index in [0.717, 1.165) is 0 Å². The molecule has 0 aliphatic heterocycles. The van der Waals surface area contributed by atoms with Crippen LogP contribution in [0.2, 0.25) is 0 Å². The minimum absolute atomic E-state index is 0.141. The highest BCUT2D eigenvalue weighted by Gasteiger charge is 2.34. The van der Waals surface area contributed by atoms with E-state index in [9.17, 15) is 52.7 Å². The van der Waals surface area contributed by atoms with Gasteiger partial charge in [0.05, 0.1) is 127 Å². The molecule has 23 N–H and O–H groups in total. The molecule has 100 heavy (non-hydrogen) atoms. The van der Waals surface area contributed by atoms with Crippen LogP contribution in [0.1, 0.15) is 76.2 Å². The maximum Gasteiger partial charge on any atom is 0.330 e. The number of rotatable bonds is 31. The van der Waals surface area contributed by atoms with Crippen LogP contribution in [0.3, 0.4) is 0 Å². The molecule has 0 aliphatic carbocycles. The van der Waals surface area contributed by atoms with Crippen molar-refractivity contribution in [2.45, 2.75) is 76.2 Å². The van der Waals surface area contributed by atoms with Gasteiger partial charge in [-0.1, -0.05) is 72.4 Å². The van der Waals surface area contributed by atoms with Gasteiger partial charge in [0.2, 0.25) is 0 Å². The molecule has 0 saturated heterocycles. The van der Waals surface area contributed by atoms with Crippen molar-refractivity contribution >= 4 is 65.7 Å². The van der Waals surface area contributed by atoms with Crippen molar-refractivity contribution in [3.63, 3.8) is 0 Å². The molecule has 0 heterocycles. The molecule has 0 rings (SSSR count). The molecule has 36 heteroatoms. The van der Waals surface area contributed by atoms with Crippen molar-refractivity contribution in [1.29, 1.82) is 0 Å². The zero-order valence-corrected chi connectivity index (χ0v) is 58.7. The summed E-state index contributed by atoms with van der Waals surface area (Å²) in [5.41, 5.74) is -2.71. The highest BCUT2D eigenvalue weighted by Crippen LogP contribution is 2.21. The maximum absolute atomic E-state index is 9.60. The van der Waals surface area contributed by atoms with Gasteiger partial charge in [0, 0.05) is 61.3 Å². The predicted molar refractivity (Wildman–Crippen MR) is 363 cm³/mol. The Morgan fingerprint density at radius 2 is 0.240 bits per heavy atom. The van der Waals surface area contributed by atoms with Gasteiger partial charge in [0.25, 0.3) is 0 Å². The van der Waals surface area contributed by atoms with Crippen molar-refractivity contribution in [2.75, 3.05) is 106 Å². The Labute approximate surface area is 580 Å². The van der Waals surface area contributed by atoms with Gasteiger partial charge in [-0.25, -0.2) is 52.7 Å². The first-order chi connectivity index (χ1) is 45.2. The van der Waals surface area contributed by atoms with Gasteiger partial charge in [-0.2, -0.15) is 0 Å². The molecule has 0 aliphatic rings. The first-order valence-electron chi connectivity index (χ1n) is 27.5. The number of hydrogen-bond donors (Lipinski definition) is 23. The molecule has 36 nitrogen and oxygen atoms in total. The summed E-state index contributed by atoms with van der Waals surface area (Å²) >= 11 is 0. The predicted octanol–water partition coefficient (Wildman–Crippen LogP) is 0.977. The van der Waals surface area contributed by atoms with Crippen LogP contribution < -0.4 is 0 Å². The summed E-state index contributed by atoms with van der Waals surface area (Å²) in [5, 5.41) is 195. The first kappa shape index (κ1) is 121. The number of carboxylic acids is 11. The van der Waals surface area contributed by atoms with E-state index < -0.39 is 167 Å². The fourth-order valence-corrected chi connectivity index (χ4v) is 2.12. The Kier molecular flexibility index (Phi) is 87.7. The van der Waals surface area contributed by atoms with Gasteiger partial charge in [0.15, 0.2) is 0 Å². The Hall–Kier alpha value is -9.25. The normalized spacial score (nSPS) is 9.39. The minimum Gasteiger partial charge on any atom is -0.478 e. The standard InChI is InChI=1S/2C10H22O7.11C4H6O2/c2*11-1-9(2-12,3-13)7-17-8-10(4-14,5-15)6-16;11*1-3(2)4(5)6/h2*11-16H,1-8H2;11*1H2,2H3,(H,5,6). The number of aliphatic carboxylic acids is 11. The number of carboxylic acid groups (broad SMARTS) is 11. The molecule has 0 bridgehead atoms. The Bertz CT molecular complexity index is 1870. The zero-order chi connectivity index (χ0) is 83.4. The van der Waals surface area contributed by atoms with E-state index in [1.165, 1.54) is 76.2 Å². The second-order valence-electron chi connectivity index (χ2n) is 20.8. The van der Waals surface area contributed by atoms with Crippen molar-refractivity contribution in [3.05, 3.63) is 134 Å². The molecule has 0 atom stereocenters. The van der Waals surface area contributed by atoms with Gasteiger partial charge >= 0.3 is 65.7 Å². The monoisotopic (exact) mass is 1450 g/mol. The summed E-state index contributed by atoms with van der Waals surface area (Å²) in [5.74, 6) is -10.3. The molecular weight excluding hydrogens is 1340 g/mol. The summed E-state index contributed by atoms with van der Waals surface area (Å²) < 4.78 is 10.3. The summed E-state index contributed by atoms with van der Waals surface area (Å²) in [4.78, 5) is 106. The Morgan fingerprint density at radius 3 is 0.270 bits per heavy atom. The van der Waals surface area contributed by atoms with Crippen molar-refractivity contribution < 1.29 is 180 Å². The summed E-state index contributed by atoms with van der Waals surface area (Å²) in [6.07, 6.45) is 0. The minimum atomic E-state index is -1.16. The molecule has 0 amide bonds. The van der Waals surface area contributed by atoms with Crippen LogP contribution in [0.5, 0.6) is 0 Å². The van der Waals surface area contributed by atoms with Gasteiger partial charge in [-0.05, 0) is 76.2 Å². The zero-order valence-electron chi connectivity index (χ0n) is 58.7. The second kappa shape index (κ2) is 72.5. The van der Waals surface area contributed by atoms with E-state index in [0.29, 0.717) is 0 Å². The smallest absolute Gasteiger partial charge is 0.330 e. The highest BCUT2D eigenvalue weighted by atomic mass is 16.5. The molecule has 0 spiro atoms. The van der Waals surface area contributed by atoms with Crippen molar-refractivity contribution in [2.24, 2.45) is 21.7 Å². The third-order valence-corrected chi connectivity index (χ3v) is 9.67. The molecule has 582 valence electrons. The largest absolute Gasteiger partial charge is 0.478 e. The third kappa shape index (κ3) is 90.8. The number of ether oxygens (including phenoxy) is 2. The van der Waals surface area contributed by atoms with Crippen LogP contribution in [0.15, 0.2) is 134 Å². The first-order valence-corrected chi connectivity index (χ1v) is 27.5. The Morgan fingerprint density at radius 1 is 0.190 bits per heavy atom. The van der Waals surface area contributed by atoms with E-state index in [1.54, 1.807) is 0 Å². The summed E-state index contributed by atoms with van der Waals surface area (Å²) in [6.45, 7) is 44.6. The summed E-state index contributed by atoms with van der Waals surface area (Å²) in [7, 11) is 0. The molecule has 0 fully saturated rings. The van der Waals surface area contributed by atoms with Crippen molar-refractivity contribution in [3.8, 4) is 0 Å². The van der Waals surface area contributed by atoms with Crippen LogP contribution in [-0.2, 0) is 62.2 Å². The second-order valence-corrected chi connectivity index (χ2v) is 20.8. The topological polar surface area (TPSA) is 672 Å². The van der Waals surface area contributed by atoms with Crippen LogP contribution in [0, 0.1) is 21.7 Å². The van der Waals surface area contributed by atoms with E-state index in [4.69, 9.17) is 127 Å². The average molecular weight is 1460 g/mol. The molecule has 0 aromatic carbocycles. The maximum atomic E-state index is 9.60. The third-order valence-electron chi connectivity index (χ3n) is 9.67. The lowest BCUT2D eigenvalue weighted by Gasteiger charge is -2.31. The molecule has 0 saturated carbocycles. The van der Waals surface area contributed by atoms with Crippen LogP contribution >= 0.6 is 0 Å². The average Bonchev–Trinajstić information content (AvgIpc) is 0.881. The lowest BCUT2D eigenvalue weighted by molar-refractivity contribution is -0.133. The van der Waals surface area contributed by atoms with Gasteiger partial charge < -0.3 is 127 Å². The van der Waals surface area contributed by atoms with Crippen LogP contribution in [0.25, 0.3) is 0 Å². The van der Waals surface area contributed by atoms with E-state index in [2.05, 4.69) is 72.4 Å². The van der Waals surface area contributed by atoms with Crippen LogP contribution in [0.4, 0.5) is 0 Å². The summed E-state index contributed by atoms with van der Waals surface area (Å²) in [6, 6.07) is 0. The molecule has 0 unspecified atom stereocenters. The highest BCUT2D eigenvalue weighted by molar-refractivity contribution is 5.88. The van der Waals surface area contributed by atoms with Crippen molar-refractivity contribution in [1.82, 2.24) is 0 Å². The SMILES string of the molecule is C=C(C)C(=O)O.C=C(C)C(=O)O.C=C(C)C(=O)O.C=C(C)C(=O)O.C=C(C)C(=O)O.C=C(C)C(=O)O.C=C(C)C(=O)O.C=C(C)C(=O)O.C=C(C)C(=O)O.C=C(C)C(=O)O.C=C(C)C(=O)O.OCC(CO)(CO)COCC(CO)(CO)CO.OCC(CO)(CO)COCC(CO)(CO)CO. The molecule has 0 aromatic heterocycles. The van der Waals surface area contributed by atoms with Gasteiger partial charge in [0.1, 0.15) is 0 Å². The lowest BCUT2D eigenvalue weighted by atomic mass is 9.91. The number of aliphatic hydroxyl groups excluding tert-OH is 12. The van der Waals surface area contributed by atoms with E-state index in [-0.39, 0.29) is 87.7 Å². The fraction of sp³-hybridized carbons (Fsp3) is 0.484. The number of aliphatic hydroxyl groups is 12. The fourth-order valence-electron chi connectivity index (χ4n) is 2.12. The van der Waals surface area contributed by atoms with Gasteiger partial charge in [-0.3, -0.25) is 0 Å². The quantitative estimate of drug-likeness (QED) is 0.0430. The van der Waals surface area contributed by atoms with E-state index in [1.807, 2.05) is 0 Å². The molecular formula is C64H110O36.